The first kappa shape index (κ1) is 11.8. The van der Waals surface area contributed by atoms with Gasteiger partial charge in [0.15, 0.2) is 0 Å². The Morgan fingerprint density at radius 3 is 2.29 bits per heavy atom. The van der Waals surface area contributed by atoms with Gasteiger partial charge in [-0.3, -0.25) is 0 Å². The van der Waals surface area contributed by atoms with Gasteiger partial charge in [-0.2, -0.15) is 0 Å². The second-order valence-electron chi connectivity index (χ2n) is 3.68. The normalized spacial score (nSPS) is 10.2. The van der Waals surface area contributed by atoms with Crippen LogP contribution in [0.4, 0.5) is 11.4 Å². The predicted molar refractivity (Wildman–Crippen MR) is 70.7 cm³/mol. The van der Waals surface area contributed by atoms with Crippen molar-refractivity contribution < 1.29 is 5.11 Å². The Morgan fingerprint density at radius 2 is 1.71 bits per heavy atom. The molecule has 0 saturated heterocycles. The molecule has 17 heavy (non-hydrogen) atoms. The molecule has 0 aliphatic rings. The number of rotatable bonds is 3. The largest absolute Gasteiger partial charge is 0.508 e. The Labute approximate surface area is 105 Å². The lowest BCUT2D eigenvalue weighted by Gasteiger charge is -2.08. The lowest BCUT2D eigenvalue weighted by molar-refractivity contribution is 0.475. The van der Waals surface area contributed by atoms with Gasteiger partial charge in [-0.25, -0.2) is 0 Å². The molecule has 0 spiro atoms. The van der Waals surface area contributed by atoms with E-state index in [9.17, 15) is 5.11 Å². The third kappa shape index (κ3) is 2.90. The number of aromatic hydroxyl groups is 1. The number of hydrogen-bond donors (Lipinski definition) is 3. The molecule has 0 fully saturated rings. The van der Waals surface area contributed by atoms with Crippen LogP contribution >= 0.6 is 11.6 Å². The van der Waals surface area contributed by atoms with Gasteiger partial charge in [0.2, 0.25) is 0 Å². The Bertz CT molecular complexity index is 511. The third-order valence-corrected chi connectivity index (χ3v) is 2.78. The minimum absolute atomic E-state index is 0.243. The van der Waals surface area contributed by atoms with E-state index >= 15 is 0 Å². The Morgan fingerprint density at radius 1 is 1.06 bits per heavy atom. The van der Waals surface area contributed by atoms with Crippen LogP contribution in [0.15, 0.2) is 42.5 Å². The number of halogens is 1. The molecule has 0 aromatic heterocycles. The zero-order chi connectivity index (χ0) is 12.3. The van der Waals surface area contributed by atoms with Crippen LogP contribution in [0.25, 0.3) is 0 Å². The summed E-state index contributed by atoms with van der Waals surface area (Å²) in [7, 11) is 0. The third-order valence-electron chi connectivity index (χ3n) is 2.43. The van der Waals surface area contributed by atoms with E-state index in [-0.39, 0.29) is 5.75 Å². The number of nitrogens with one attached hydrogen (secondary N) is 1. The number of benzene rings is 2. The van der Waals surface area contributed by atoms with Gasteiger partial charge in [-0.15, -0.1) is 0 Å². The molecular formula is C13H13ClN2O. The van der Waals surface area contributed by atoms with Crippen molar-refractivity contribution in [2.24, 2.45) is 5.73 Å². The summed E-state index contributed by atoms with van der Waals surface area (Å²) in [5.41, 5.74) is 8.23. The molecule has 0 amide bonds. The number of phenols is 1. The van der Waals surface area contributed by atoms with Gasteiger partial charge in [0.25, 0.3) is 0 Å². The van der Waals surface area contributed by atoms with Gasteiger partial charge in [-0.1, -0.05) is 17.7 Å². The number of hydrogen-bond acceptors (Lipinski definition) is 3. The van der Waals surface area contributed by atoms with Crippen LogP contribution in [-0.4, -0.2) is 5.11 Å². The second kappa shape index (κ2) is 5.08. The van der Waals surface area contributed by atoms with Crippen LogP contribution < -0.4 is 11.1 Å². The van der Waals surface area contributed by atoms with Crippen molar-refractivity contribution in [3.05, 3.63) is 53.1 Å². The van der Waals surface area contributed by atoms with E-state index in [4.69, 9.17) is 17.3 Å². The van der Waals surface area contributed by atoms with Crippen molar-refractivity contribution >= 4 is 23.0 Å². The fraction of sp³-hybridized carbons (Fsp3) is 0.0769. The maximum atomic E-state index is 9.17. The standard InChI is InChI=1S/C13H13ClN2O/c14-13-7-11(2-1-9(13)8-15)16-10-3-5-12(17)6-4-10/h1-7,16-17H,8,15H2. The van der Waals surface area contributed by atoms with Crippen molar-refractivity contribution in [3.63, 3.8) is 0 Å². The average molecular weight is 249 g/mol. The van der Waals surface area contributed by atoms with E-state index in [1.165, 1.54) is 0 Å². The van der Waals surface area contributed by atoms with Crippen LogP contribution in [0.3, 0.4) is 0 Å². The monoisotopic (exact) mass is 248 g/mol. The molecule has 2 rings (SSSR count). The van der Waals surface area contributed by atoms with Gasteiger partial charge in [0, 0.05) is 22.9 Å². The second-order valence-corrected chi connectivity index (χ2v) is 4.09. The Hall–Kier alpha value is -1.71. The molecule has 0 bridgehead atoms. The quantitative estimate of drug-likeness (QED) is 0.731. The number of anilines is 2. The maximum Gasteiger partial charge on any atom is 0.115 e. The molecule has 2 aromatic carbocycles. The van der Waals surface area contributed by atoms with Gasteiger partial charge >= 0.3 is 0 Å². The highest BCUT2D eigenvalue weighted by Crippen LogP contribution is 2.24. The van der Waals surface area contributed by atoms with Crippen LogP contribution in [0.5, 0.6) is 5.75 Å². The van der Waals surface area contributed by atoms with Crippen LogP contribution in [0.2, 0.25) is 5.02 Å². The lowest BCUT2D eigenvalue weighted by atomic mass is 10.2. The zero-order valence-electron chi connectivity index (χ0n) is 9.15. The van der Waals surface area contributed by atoms with Gasteiger partial charge in [-0.05, 0) is 42.0 Å². The van der Waals surface area contributed by atoms with Gasteiger partial charge in [0.1, 0.15) is 5.75 Å². The van der Waals surface area contributed by atoms with Crippen LogP contribution in [-0.2, 0) is 6.54 Å². The van der Waals surface area contributed by atoms with E-state index in [0.717, 1.165) is 16.9 Å². The minimum atomic E-state index is 0.243. The topological polar surface area (TPSA) is 58.3 Å². The predicted octanol–water partition coefficient (Wildman–Crippen LogP) is 3.25. The first-order chi connectivity index (χ1) is 8.19. The number of phenolic OH excluding ortho intramolecular Hbond substituents is 1. The van der Waals surface area contributed by atoms with Gasteiger partial charge < -0.3 is 16.2 Å². The smallest absolute Gasteiger partial charge is 0.115 e. The van der Waals surface area contributed by atoms with Crippen molar-refractivity contribution in [2.45, 2.75) is 6.54 Å². The van der Waals surface area contributed by atoms with Crippen LogP contribution in [0.1, 0.15) is 5.56 Å². The molecule has 4 heteroatoms. The Balaban J connectivity index is 2.19. The fourth-order valence-electron chi connectivity index (χ4n) is 1.50. The van der Waals surface area contributed by atoms with Crippen LogP contribution in [0, 0.1) is 0 Å². The number of nitrogens with two attached hydrogens (primary N) is 1. The molecule has 0 aliphatic heterocycles. The molecule has 0 atom stereocenters. The molecule has 4 N–H and O–H groups in total. The first-order valence-corrected chi connectivity index (χ1v) is 5.61. The Kier molecular flexibility index (Phi) is 3.52. The molecule has 3 nitrogen and oxygen atoms in total. The molecular weight excluding hydrogens is 236 g/mol. The zero-order valence-corrected chi connectivity index (χ0v) is 9.91. The minimum Gasteiger partial charge on any atom is -0.508 e. The summed E-state index contributed by atoms with van der Waals surface area (Å²) in [6.45, 7) is 0.429. The summed E-state index contributed by atoms with van der Waals surface area (Å²) in [4.78, 5) is 0. The van der Waals surface area contributed by atoms with E-state index in [0.29, 0.717) is 11.6 Å². The van der Waals surface area contributed by atoms with Crippen molar-refractivity contribution in [1.82, 2.24) is 0 Å². The molecule has 0 unspecified atom stereocenters. The SMILES string of the molecule is NCc1ccc(Nc2ccc(O)cc2)cc1Cl. The van der Waals surface area contributed by atoms with E-state index in [1.807, 2.05) is 18.2 Å². The van der Waals surface area contributed by atoms with Gasteiger partial charge in [0.05, 0.1) is 0 Å². The highest BCUT2D eigenvalue weighted by molar-refractivity contribution is 6.31. The van der Waals surface area contributed by atoms with Crippen molar-refractivity contribution in [2.75, 3.05) is 5.32 Å². The van der Waals surface area contributed by atoms with E-state index in [1.54, 1.807) is 24.3 Å². The van der Waals surface area contributed by atoms with E-state index in [2.05, 4.69) is 5.32 Å². The van der Waals surface area contributed by atoms with Crippen molar-refractivity contribution in [1.29, 1.82) is 0 Å². The molecule has 0 saturated carbocycles. The van der Waals surface area contributed by atoms with E-state index < -0.39 is 0 Å². The summed E-state index contributed by atoms with van der Waals surface area (Å²) in [6.07, 6.45) is 0. The summed E-state index contributed by atoms with van der Waals surface area (Å²) in [6, 6.07) is 12.5. The summed E-state index contributed by atoms with van der Waals surface area (Å²) < 4.78 is 0. The molecule has 0 radical (unpaired) electrons. The highest BCUT2D eigenvalue weighted by Gasteiger charge is 2.00. The summed E-state index contributed by atoms with van der Waals surface area (Å²) in [5, 5.41) is 13.0. The van der Waals surface area contributed by atoms with Crippen molar-refractivity contribution in [3.8, 4) is 5.75 Å². The molecule has 0 heterocycles. The fourth-order valence-corrected chi connectivity index (χ4v) is 1.76. The maximum absolute atomic E-state index is 9.17. The summed E-state index contributed by atoms with van der Waals surface area (Å²) >= 11 is 6.06. The average Bonchev–Trinajstić information content (AvgIpc) is 2.32. The molecule has 2 aromatic rings. The highest BCUT2D eigenvalue weighted by atomic mass is 35.5. The molecule has 0 aliphatic carbocycles. The molecule has 88 valence electrons. The first-order valence-electron chi connectivity index (χ1n) is 5.23. The summed E-state index contributed by atoms with van der Waals surface area (Å²) in [5.74, 6) is 0.243. The lowest BCUT2D eigenvalue weighted by Crippen LogP contribution is -1.98.